The van der Waals surface area contributed by atoms with Gasteiger partial charge in [-0.25, -0.2) is 0 Å². The molecule has 0 aliphatic heterocycles. The fourth-order valence-corrected chi connectivity index (χ4v) is 0.977. The number of aromatic hydroxyl groups is 1. The molecule has 0 spiro atoms. The zero-order chi connectivity index (χ0) is 9.80. The van der Waals surface area contributed by atoms with Crippen LogP contribution < -0.4 is 4.74 Å². The Kier molecular flexibility index (Phi) is 2.27. The third-order valence-electron chi connectivity index (χ3n) is 1.61. The summed E-state index contributed by atoms with van der Waals surface area (Å²) in [6, 6.07) is 9.86. The third-order valence-corrected chi connectivity index (χ3v) is 1.61. The van der Waals surface area contributed by atoms with Crippen molar-refractivity contribution < 1.29 is 9.84 Å². The molecule has 14 heavy (non-hydrogen) atoms. The highest BCUT2D eigenvalue weighted by molar-refractivity contribution is 5.32. The Morgan fingerprint density at radius 2 is 1.86 bits per heavy atom. The normalized spacial score (nSPS) is 9.71. The molecule has 0 atom stereocenters. The Balaban J connectivity index is 2.16. The molecule has 0 aliphatic rings. The van der Waals surface area contributed by atoms with E-state index in [0.29, 0.717) is 11.6 Å². The highest BCUT2D eigenvalue weighted by atomic mass is 16.5. The number of hydrogen-bond donors (Lipinski definition) is 1. The van der Waals surface area contributed by atoms with E-state index in [9.17, 15) is 0 Å². The van der Waals surface area contributed by atoms with Crippen LogP contribution in [0.3, 0.4) is 0 Å². The lowest BCUT2D eigenvalue weighted by molar-refractivity contribution is 0.448. The zero-order valence-corrected chi connectivity index (χ0v) is 7.29. The predicted molar refractivity (Wildman–Crippen MR) is 50.2 cm³/mol. The second kappa shape index (κ2) is 3.74. The molecule has 2 rings (SSSR count). The summed E-state index contributed by atoms with van der Waals surface area (Å²) in [6.07, 6.45) is 1.57. The SMILES string of the molecule is Oc1ccc(Oc2cccnn2)cc1. The van der Waals surface area contributed by atoms with Crippen molar-refractivity contribution >= 4 is 0 Å². The van der Waals surface area contributed by atoms with Gasteiger partial charge in [0.15, 0.2) is 0 Å². The molecule has 0 amide bonds. The van der Waals surface area contributed by atoms with Gasteiger partial charge in [0.2, 0.25) is 5.88 Å². The van der Waals surface area contributed by atoms with E-state index in [1.54, 1.807) is 42.6 Å². The Hall–Kier alpha value is -2.10. The van der Waals surface area contributed by atoms with E-state index in [1.165, 1.54) is 0 Å². The summed E-state index contributed by atoms with van der Waals surface area (Å²) in [5, 5.41) is 16.5. The van der Waals surface area contributed by atoms with Crippen LogP contribution in [-0.2, 0) is 0 Å². The summed E-state index contributed by atoms with van der Waals surface area (Å²) in [5.41, 5.74) is 0. The molecule has 0 radical (unpaired) electrons. The monoisotopic (exact) mass is 188 g/mol. The smallest absolute Gasteiger partial charge is 0.238 e. The first-order chi connectivity index (χ1) is 6.84. The van der Waals surface area contributed by atoms with E-state index >= 15 is 0 Å². The molecule has 4 nitrogen and oxygen atoms in total. The lowest BCUT2D eigenvalue weighted by atomic mass is 10.3. The maximum atomic E-state index is 9.04. The lowest BCUT2D eigenvalue weighted by Gasteiger charge is -2.02. The molecule has 0 saturated heterocycles. The van der Waals surface area contributed by atoms with E-state index in [0.717, 1.165) is 0 Å². The van der Waals surface area contributed by atoms with Crippen LogP contribution in [0.25, 0.3) is 0 Å². The Bertz CT molecular complexity index is 400. The minimum Gasteiger partial charge on any atom is -0.508 e. The van der Waals surface area contributed by atoms with Crippen LogP contribution in [0.4, 0.5) is 0 Å². The largest absolute Gasteiger partial charge is 0.508 e. The average Bonchev–Trinajstić information content (AvgIpc) is 2.23. The van der Waals surface area contributed by atoms with Crippen LogP contribution in [0, 0.1) is 0 Å². The van der Waals surface area contributed by atoms with Crippen LogP contribution in [0.1, 0.15) is 0 Å². The number of nitrogens with zero attached hydrogens (tertiary/aromatic N) is 2. The summed E-state index contributed by atoms with van der Waals surface area (Å²) in [4.78, 5) is 0. The highest BCUT2D eigenvalue weighted by Gasteiger charge is 1.97. The van der Waals surface area contributed by atoms with E-state index in [1.807, 2.05) is 0 Å². The first-order valence-electron chi connectivity index (χ1n) is 4.09. The van der Waals surface area contributed by atoms with Crippen molar-refractivity contribution in [2.45, 2.75) is 0 Å². The number of ether oxygens (including phenoxy) is 1. The van der Waals surface area contributed by atoms with Gasteiger partial charge >= 0.3 is 0 Å². The molecule has 1 heterocycles. The minimum atomic E-state index is 0.205. The van der Waals surface area contributed by atoms with Crippen molar-refractivity contribution in [2.24, 2.45) is 0 Å². The molecule has 0 fully saturated rings. The average molecular weight is 188 g/mol. The van der Waals surface area contributed by atoms with Crippen molar-refractivity contribution in [3.63, 3.8) is 0 Å². The topological polar surface area (TPSA) is 55.2 Å². The molecule has 70 valence electrons. The number of aromatic nitrogens is 2. The fraction of sp³-hybridized carbons (Fsp3) is 0. The Morgan fingerprint density at radius 3 is 2.50 bits per heavy atom. The molecule has 1 N–H and O–H groups in total. The molecule has 0 unspecified atom stereocenters. The fourth-order valence-electron chi connectivity index (χ4n) is 0.977. The maximum absolute atomic E-state index is 9.04. The first-order valence-corrected chi connectivity index (χ1v) is 4.09. The lowest BCUT2D eigenvalue weighted by Crippen LogP contribution is -1.88. The van der Waals surface area contributed by atoms with Crippen LogP contribution in [-0.4, -0.2) is 15.3 Å². The highest BCUT2D eigenvalue weighted by Crippen LogP contribution is 2.20. The Morgan fingerprint density at radius 1 is 1.07 bits per heavy atom. The van der Waals surface area contributed by atoms with Gasteiger partial charge in [-0.05, 0) is 30.3 Å². The molecule has 0 aliphatic carbocycles. The number of benzene rings is 1. The van der Waals surface area contributed by atoms with Gasteiger partial charge in [0.05, 0.1) is 0 Å². The zero-order valence-electron chi connectivity index (χ0n) is 7.29. The van der Waals surface area contributed by atoms with E-state index < -0.39 is 0 Å². The molecule has 2 aromatic rings. The minimum absolute atomic E-state index is 0.205. The molecule has 4 heteroatoms. The van der Waals surface area contributed by atoms with Crippen LogP contribution >= 0.6 is 0 Å². The summed E-state index contributed by atoms with van der Waals surface area (Å²) in [5.74, 6) is 1.25. The third kappa shape index (κ3) is 1.98. The summed E-state index contributed by atoms with van der Waals surface area (Å²) in [6.45, 7) is 0. The van der Waals surface area contributed by atoms with E-state index in [2.05, 4.69) is 10.2 Å². The van der Waals surface area contributed by atoms with Gasteiger partial charge in [0.1, 0.15) is 11.5 Å². The predicted octanol–water partition coefficient (Wildman–Crippen LogP) is 1.97. The van der Waals surface area contributed by atoms with E-state index in [4.69, 9.17) is 9.84 Å². The Labute approximate surface area is 80.8 Å². The molecular weight excluding hydrogens is 180 g/mol. The second-order valence-corrected chi connectivity index (χ2v) is 2.66. The van der Waals surface area contributed by atoms with Gasteiger partial charge in [-0.3, -0.25) is 0 Å². The quantitative estimate of drug-likeness (QED) is 0.782. The standard InChI is InChI=1S/C10H8N2O2/c13-8-3-5-9(6-4-8)14-10-2-1-7-11-12-10/h1-7,13H. The number of hydrogen-bond acceptors (Lipinski definition) is 4. The molecule has 0 bridgehead atoms. The first kappa shape index (κ1) is 8.50. The van der Waals surface area contributed by atoms with E-state index in [-0.39, 0.29) is 5.75 Å². The van der Waals surface area contributed by atoms with Gasteiger partial charge in [0, 0.05) is 12.3 Å². The second-order valence-electron chi connectivity index (χ2n) is 2.66. The van der Waals surface area contributed by atoms with Crippen LogP contribution in [0.5, 0.6) is 17.4 Å². The molecule has 1 aromatic heterocycles. The number of phenols is 1. The van der Waals surface area contributed by atoms with Gasteiger partial charge in [-0.2, -0.15) is 5.10 Å². The van der Waals surface area contributed by atoms with Crippen molar-refractivity contribution in [3.8, 4) is 17.4 Å². The summed E-state index contributed by atoms with van der Waals surface area (Å²) in [7, 11) is 0. The number of rotatable bonds is 2. The van der Waals surface area contributed by atoms with Gasteiger partial charge < -0.3 is 9.84 Å². The summed E-state index contributed by atoms with van der Waals surface area (Å²) < 4.78 is 5.35. The molecule has 0 saturated carbocycles. The van der Waals surface area contributed by atoms with Gasteiger partial charge in [0.25, 0.3) is 0 Å². The molecule has 1 aromatic carbocycles. The van der Waals surface area contributed by atoms with Crippen molar-refractivity contribution in [3.05, 3.63) is 42.6 Å². The van der Waals surface area contributed by atoms with Gasteiger partial charge in [-0.15, -0.1) is 5.10 Å². The van der Waals surface area contributed by atoms with Crippen molar-refractivity contribution in [1.29, 1.82) is 0 Å². The maximum Gasteiger partial charge on any atom is 0.238 e. The number of phenolic OH excluding ortho intramolecular Hbond substituents is 1. The van der Waals surface area contributed by atoms with Crippen molar-refractivity contribution in [1.82, 2.24) is 10.2 Å². The summed E-state index contributed by atoms with van der Waals surface area (Å²) >= 11 is 0. The molecular formula is C10H8N2O2. The van der Waals surface area contributed by atoms with Crippen molar-refractivity contribution in [2.75, 3.05) is 0 Å². The van der Waals surface area contributed by atoms with Gasteiger partial charge in [-0.1, -0.05) is 0 Å². The van der Waals surface area contributed by atoms with Crippen LogP contribution in [0.15, 0.2) is 42.6 Å². The van der Waals surface area contributed by atoms with Crippen LogP contribution in [0.2, 0.25) is 0 Å².